The Kier molecular flexibility index (Phi) is 6.08. The van der Waals surface area contributed by atoms with Gasteiger partial charge in [-0.15, -0.1) is 0 Å². The molecule has 0 N–H and O–H groups in total. The molecule has 9 rings (SSSR count). The largest absolute Gasteiger partial charge is 0.0622 e. The molecule has 0 unspecified atom stereocenters. The van der Waals surface area contributed by atoms with Crippen molar-refractivity contribution in [1.82, 2.24) is 0 Å². The summed E-state index contributed by atoms with van der Waals surface area (Å²) in [6, 6.07) is 54.5. The predicted octanol–water partition coefficient (Wildman–Crippen LogP) is 13.1. The lowest BCUT2D eigenvalue weighted by molar-refractivity contribution is 0.660. The fourth-order valence-electron chi connectivity index (χ4n) is 8.20. The summed E-state index contributed by atoms with van der Waals surface area (Å²) in [5.41, 5.74) is 15.8. The first-order valence-electron chi connectivity index (χ1n) is 16.7. The Balaban J connectivity index is 1.41. The van der Waals surface area contributed by atoms with E-state index in [9.17, 15) is 0 Å². The summed E-state index contributed by atoms with van der Waals surface area (Å²) in [5.74, 6) is 0. The molecule has 0 heteroatoms. The molecular formula is C47H36. The first-order chi connectivity index (χ1) is 22.9. The Morgan fingerprint density at radius 2 is 0.915 bits per heavy atom. The van der Waals surface area contributed by atoms with E-state index in [-0.39, 0.29) is 5.41 Å². The van der Waals surface area contributed by atoms with Crippen LogP contribution >= 0.6 is 0 Å². The normalized spacial score (nSPS) is 13.3. The lowest BCUT2D eigenvalue weighted by Gasteiger charge is -2.24. The van der Waals surface area contributed by atoms with Crippen molar-refractivity contribution >= 4 is 32.3 Å². The number of fused-ring (bicyclic) bond motifs is 6. The second-order valence-electron chi connectivity index (χ2n) is 13.8. The maximum atomic E-state index is 2.48. The lowest BCUT2D eigenvalue weighted by atomic mass is 9.79. The molecule has 47 heavy (non-hydrogen) atoms. The zero-order chi connectivity index (χ0) is 31.9. The van der Waals surface area contributed by atoms with Crippen molar-refractivity contribution in [3.8, 4) is 44.5 Å². The Hall–Kier alpha value is -5.46. The number of hydrogen-bond donors (Lipinski definition) is 0. The van der Waals surface area contributed by atoms with Gasteiger partial charge in [-0.1, -0.05) is 141 Å². The molecule has 0 atom stereocenters. The SMILES string of the molecule is Cc1cc2c(-c3ccc4c(c3)C(C)(C)c3ccccc3-4)c3ccccc3c(-c3cc4ccccc4cc3-c3ccccc3)c2cc1C. The minimum Gasteiger partial charge on any atom is -0.0622 e. The third kappa shape index (κ3) is 4.14. The van der Waals surface area contributed by atoms with Crippen LogP contribution in [0.1, 0.15) is 36.1 Å². The second kappa shape index (κ2) is 10.3. The monoisotopic (exact) mass is 600 g/mol. The second-order valence-corrected chi connectivity index (χ2v) is 13.8. The van der Waals surface area contributed by atoms with Gasteiger partial charge in [-0.05, 0) is 131 Å². The number of hydrogen-bond acceptors (Lipinski definition) is 0. The maximum Gasteiger partial charge on any atom is 0.0159 e. The minimum atomic E-state index is -0.0599. The average Bonchev–Trinajstić information content (AvgIpc) is 3.33. The van der Waals surface area contributed by atoms with Crippen LogP contribution in [0.2, 0.25) is 0 Å². The molecule has 0 radical (unpaired) electrons. The fraction of sp³-hybridized carbons (Fsp3) is 0.106. The molecule has 0 bridgehead atoms. The third-order valence-corrected chi connectivity index (χ3v) is 10.8. The smallest absolute Gasteiger partial charge is 0.0159 e. The Bertz CT molecular complexity index is 2550. The Morgan fingerprint density at radius 1 is 0.362 bits per heavy atom. The molecule has 8 aromatic rings. The van der Waals surface area contributed by atoms with Crippen molar-refractivity contribution in [1.29, 1.82) is 0 Å². The van der Waals surface area contributed by atoms with Gasteiger partial charge in [0, 0.05) is 5.41 Å². The van der Waals surface area contributed by atoms with Crippen molar-refractivity contribution in [3.05, 3.63) is 168 Å². The summed E-state index contributed by atoms with van der Waals surface area (Å²) >= 11 is 0. The lowest BCUT2D eigenvalue weighted by Crippen LogP contribution is -2.14. The molecule has 0 saturated carbocycles. The summed E-state index contributed by atoms with van der Waals surface area (Å²) in [6.07, 6.45) is 0. The van der Waals surface area contributed by atoms with Gasteiger partial charge in [0.2, 0.25) is 0 Å². The molecule has 224 valence electrons. The molecule has 0 nitrogen and oxygen atoms in total. The van der Waals surface area contributed by atoms with Crippen LogP contribution in [-0.2, 0) is 5.41 Å². The van der Waals surface area contributed by atoms with E-state index in [1.165, 1.54) is 99.1 Å². The molecule has 0 aromatic heterocycles. The highest BCUT2D eigenvalue weighted by molar-refractivity contribution is 6.23. The first-order valence-corrected chi connectivity index (χ1v) is 16.7. The number of aryl methyl sites for hydroxylation is 2. The molecule has 0 spiro atoms. The van der Waals surface area contributed by atoms with Crippen molar-refractivity contribution in [2.45, 2.75) is 33.1 Å². The van der Waals surface area contributed by atoms with Gasteiger partial charge in [0.1, 0.15) is 0 Å². The molecule has 0 fully saturated rings. The zero-order valence-electron chi connectivity index (χ0n) is 27.4. The topological polar surface area (TPSA) is 0 Å². The van der Waals surface area contributed by atoms with Gasteiger partial charge in [-0.25, -0.2) is 0 Å². The molecule has 1 aliphatic rings. The van der Waals surface area contributed by atoms with Gasteiger partial charge in [0.25, 0.3) is 0 Å². The summed E-state index contributed by atoms with van der Waals surface area (Å²) in [4.78, 5) is 0. The third-order valence-electron chi connectivity index (χ3n) is 10.8. The molecule has 0 aliphatic heterocycles. The van der Waals surface area contributed by atoms with Gasteiger partial charge in [-0.3, -0.25) is 0 Å². The number of benzene rings is 8. The number of rotatable bonds is 3. The van der Waals surface area contributed by atoms with E-state index < -0.39 is 0 Å². The van der Waals surface area contributed by atoms with Crippen LogP contribution in [-0.4, -0.2) is 0 Å². The summed E-state index contributed by atoms with van der Waals surface area (Å²) in [7, 11) is 0. The fourth-order valence-corrected chi connectivity index (χ4v) is 8.20. The highest BCUT2D eigenvalue weighted by Crippen LogP contribution is 2.52. The van der Waals surface area contributed by atoms with E-state index in [1.807, 2.05) is 0 Å². The van der Waals surface area contributed by atoms with E-state index in [0.29, 0.717) is 0 Å². The van der Waals surface area contributed by atoms with Gasteiger partial charge < -0.3 is 0 Å². The first kappa shape index (κ1) is 27.8. The summed E-state index contributed by atoms with van der Waals surface area (Å²) in [6.45, 7) is 9.25. The standard InChI is InChI=1S/C47H36/c1-29-24-40-41(25-30(29)2)46(42-27-33-17-9-8-16-32(33)26-39(42)31-14-6-5-7-15-31)38-20-11-10-19-37(38)45(40)34-22-23-36-35-18-12-13-21-43(35)47(3,4)44(36)28-34/h5-28H,1-4H3. The van der Waals surface area contributed by atoms with E-state index >= 15 is 0 Å². The van der Waals surface area contributed by atoms with Crippen molar-refractivity contribution in [3.63, 3.8) is 0 Å². The molecule has 0 amide bonds. The van der Waals surface area contributed by atoms with Gasteiger partial charge in [-0.2, -0.15) is 0 Å². The van der Waals surface area contributed by atoms with Crippen molar-refractivity contribution in [2.75, 3.05) is 0 Å². The van der Waals surface area contributed by atoms with Gasteiger partial charge >= 0.3 is 0 Å². The van der Waals surface area contributed by atoms with E-state index in [4.69, 9.17) is 0 Å². The predicted molar refractivity (Wildman–Crippen MR) is 202 cm³/mol. The Morgan fingerprint density at radius 3 is 1.64 bits per heavy atom. The molecule has 0 heterocycles. The summed E-state index contributed by atoms with van der Waals surface area (Å²) < 4.78 is 0. The molecular weight excluding hydrogens is 565 g/mol. The van der Waals surface area contributed by atoms with E-state index in [0.717, 1.165) is 0 Å². The van der Waals surface area contributed by atoms with E-state index in [2.05, 4.69) is 173 Å². The van der Waals surface area contributed by atoms with Crippen LogP contribution in [0.5, 0.6) is 0 Å². The Labute approximate surface area is 277 Å². The molecule has 0 saturated heterocycles. The van der Waals surface area contributed by atoms with Crippen LogP contribution in [0, 0.1) is 13.8 Å². The summed E-state index contributed by atoms with van der Waals surface area (Å²) in [5, 5.41) is 7.70. The van der Waals surface area contributed by atoms with Crippen LogP contribution in [0.4, 0.5) is 0 Å². The van der Waals surface area contributed by atoms with E-state index in [1.54, 1.807) is 0 Å². The van der Waals surface area contributed by atoms with Gasteiger partial charge in [0.05, 0.1) is 0 Å². The van der Waals surface area contributed by atoms with Crippen LogP contribution in [0.25, 0.3) is 76.8 Å². The van der Waals surface area contributed by atoms with Gasteiger partial charge in [0.15, 0.2) is 0 Å². The highest BCUT2D eigenvalue weighted by Gasteiger charge is 2.35. The zero-order valence-corrected chi connectivity index (χ0v) is 27.4. The minimum absolute atomic E-state index is 0.0599. The quantitative estimate of drug-likeness (QED) is 0.177. The van der Waals surface area contributed by atoms with Crippen LogP contribution in [0.15, 0.2) is 146 Å². The highest BCUT2D eigenvalue weighted by atomic mass is 14.4. The van der Waals surface area contributed by atoms with Crippen LogP contribution < -0.4 is 0 Å². The van der Waals surface area contributed by atoms with Crippen molar-refractivity contribution < 1.29 is 0 Å². The average molecular weight is 601 g/mol. The van der Waals surface area contributed by atoms with Crippen LogP contribution in [0.3, 0.4) is 0 Å². The maximum absolute atomic E-state index is 2.48. The van der Waals surface area contributed by atoms with Crippen molar-refractivity contribution in [2.24, 2.45) is 0 Å². The molecule has 1 aliphatic carbocycles. The molecule has 8 aromatic carbocycles.